The highest BCUT2D eigenvalue weighted by Gasteiger charge is 2.25. The van der Waals surface area contributed by atoms with Gasteiger partial charge in [0.1, 0.15) is 12.3 Å². The van der Waals surface area contributed by atoms with E-state index in [1.54, 1.807) is 0 Å². The van der Waals surface area contributed by atoms with Gasteiger partial charge in [-0.25, -0.2) is 0 Å². The van der Waals surface area contributed by atoms with Crippen molar-refractivity contribution in [3.8, 4) is 5.75 Å². The van der Waals surface area contributed by atoms with E-state index < -0.39 is 0 Å². The van der Waals surface area contributed by atoms with Gasteiger partial charge in [0.15, 0.2) is 0 Å². The number of nitrogens with zero attached hydrogens (tertiary/aromatic N) is 2. The van der Waals surface area contributed by atoms with Crippen molar-refractivity contribution in [2.24, 2.45) is 5.92 Å². The molecule has 1 aromatic rings. The van der Waals surface area contributed by atoms with Crippen molar-refractivity contribution in [2.75, 3.05) is 31.1 Å². The summed E-state index contributed by atoms with van der Waals surface area (Å²) < 4.78 is 5.59. The van der Waals surface area contributed by atoms with Gasteiger partial charge in [0, 0.05) is 20.0 Å². The van der Waals surface area contributed by atoms with E-state index in [0.717, 1.165) is 25.9 Å². The van der Waals surface area contributed by atoms with E-state index >= 15 is 0 Å². The van der Waals surface area contributed by atoms with Gasteiger partial charge in [-0.15, -0.1) is 0 Å². The Morgan fingerprint density at radius 1 is 1.26 bits per heavy atom. The van der Waals surface area contributed by atoms with Crippen LogP contribution in [0.4, 0.5) is 5.69 Å². The third-order valence-electron chi connectivity index (χ3n) is 4.27. The van der Waals surface area contributed by atoms with Crippen LogP contribution in [-0.4, -0.2) is 43.0 Å². The van der Waals surface area contributed by atoms with Crippen LogP contribution < -0.4 is 9.64 Å². The summed E-state index contributed by atoms with van der Waals surface area (Å²) in [4.78, 5) is 28.0. The molecule has 0 bridgehead atoms. The molecular formula is C18H26N2O3. The second kappa shape index (κ2) is 7.99. The van der Waals surface area contributed by atoms with Crippen LogP contribution in [0.5, 0.6) is 5.75 Å². The zero-order valence-corrected chi connectivity index (χ0v) is 14.2. The summed E-state index contributed by atoms with van der Waals surface area (Å²) in [5.41, 5.74) is 0.653. The smallest absolute Gasteiger partial charge is 0.242 e. The summed E-state index contributed by atoms with van der Waals surface area (Å²) in [7, 11) is 0. The Hall–Kier alpha value is -2.04. The molecule has 5 nitrogen and oxygen atoms in total. The normalized spacial score (nSPS) is 15.3. The van der Waals surface area contributed by atoms with Crippen LogP contribution in [0.15, 0.2) is 24.3 Å². The van der Waals surface area contributed by atoms with Crippen molar-refractivity contribution in [3.05, 3.63) is 24.3 Å². The second-order valence-corrected chi connectivity index (χ2v) is 6.07. The van der Waals surface area contributed by atoms with Gasteiger partial charge in [-0.1, -0.05) is 19.1 Å². The average molecular weight is 318 g/mol. The quantitative estimate of drug-likeness (QED) is 0.839. The molecule has 0 aliphatic carbocycles. The molecular weight excluding hydrogens is 292 g/mol. The molecule has 126 valence electrons. The number of ether oxygens (including phenoxy) is 1. The molecule has 0 saturated carbocycles. The topological polar surface area (TPSA) is 49.9 Å². The number of hydrogen-bond acceptors (Lipinski definition) is 3. The molecule has 0 spiro atoms. The lowest BCUT2D eigenvalue weighted by molar-refractivity contribution is -0.132. The second-order valence-electron chi connectivity index (χ2n) is 6.07. The summed E-state index contributed by atoms with van der Waals surface area (Å²) in [5.74, 6) is 1.14. The van der Waals surface area contributed by atoms with Gasteiger partial charge in [-0.3, -0.25) is 14.5 Å². The standard InChI is InChI=1S/C18H26N2O3/c1-4-23-17-8-6-5-7-16(17)20(15(3)21)13-18(22)19-11-9-14(2)10-12-19/h5-8,14H,4,9-13H2,1-3H3. The predicted octanol–water partition coefficient (Wildman–Crippen LogP) is 2.70. The van der Waals surface area contributed by atoms with E-state index in [4.69, 9.17) is 4.74 Å². The summed E-state index contributed by atoms with van der Waals surface area (Å²) >= 11 is 0. The van der Waals surface area contributed by atoms with Gasteiger partial charge in [-0.05, 0) is 37.8 Å². The minimum absolute atomic E-state index is 0.00148. The molecule has 1 fully saturated rings. The largest absolute Gasteiger partial charge is 0.492 e. The Labute approximate surface area is 138 Å². The van der Waals surface area contributed by atoms with Gasteiger partial charge in [-0.2, -0.15) is 0 Å². The van der Waals surface area contributed by atoms with Crippen LogP contribution in [-0.2, 0) is 9.59 Å². The lowest BCUT2D eigenvalue weighted by Crippen LogP contribution is -2.45. The number of carbonyl (C=O) groups is 2. The molecule has 23 heavy (non-hydrogen) atoms. The number of likely N-dealkylation sites (tertiary alicyclic amines) is 1. The number of hydrogen-bond donors (Lipinski definition) is 0. The molecule has 2 amide bonds. The van der Waals surface area contributed by atoms with Crippen molar-refractivity contribution >= 4 is 17.5 Å². The molecule has 1 heterocycles. The van der Waals surface area contributed by atoms with E-state index in [9.17, 15) is 9.59 Å². The fraction of sp³-hybridized carbons (Fsp3) is 0.556. The van der Waals surface area contributed by atoms with E-state index in [0.29, 0.717) is 24.0 Å². The monoisotopic (exact) mass is 318 g/mol. The highest BCUT2D eigenvalue weighted by Crippen LogP contribution is 2.28. The van der Waals surface area contributed by atoms with E-state index in [-0.39, 0.29) is 18.4 Å². The fourth-order valence-electron chi connectivity index (χ4n) is 2.82. The van der Waals surface area contributed by atoms with Crippen molar-refractivity contribution < 1.29 is 14.3 Å². The highest BCUT2D eigenvalue weighted by atomic mass is 16.5. The van der Waals surface area contributed by atoms with Crippen LogP contribution in [0.1, 0.15) is 33.6 Å². The SMILES string of the molecule is CCOc1ccccc1N(CC(=O)N1CCC(C)CC1)C(C)=O. The van der Waals surface area contributed by atoms with Crippen LogP contribution in [0, 0.1) is 5.92 Å². The maximum Gasteiger partial charge on any atom is 0.242 e. The van der Waals surface area contributed by atoms with Gasteiger partial charge < -0.3 is 9.64 Å². The number of amides is 2. The number of para-hydroxylation sites is 2. The summed E-state index contributed by atoms with van der Waals surface area (Å²) in [6, 6.07) is 7.35. The van der Waals surface area contributed by atoms with Crippen molar-refractivity contribution in [2.45, 2.75) is 33.6 Å². The maximum atomic E-state index is 12.6. The lowest BCUT2D eigenvalue weighted by Gasteiger charge is -2.32. The van der Waals surface area contributed by atoms with Crippen molar-refractivity contribution in [3.63, 3.8) is 0 Å². The third kappa shape index (κ3) is 4.47. The first kappa shape index (κ1) is 17.3. The molecule has 1 aromatic carbocycles. The summed E-state index contributed by atoms with van der Waals surface area (Å²) in [6.07, 6.45) is 2.06. The molecule has 0 unspecified atom stereocenters. The zero-order valence-electron chi connectivity index (χ0n) is 14.2. The molecule has 2 rings (SSSR count). The average Bonchev–Trinajstić information content (AvgIpc) is 2.54. The first-order valence-electron chi connectivity index (χ1n) is 8.30. The molecule has 0 aromatic heterocycles. The molecule has 0 atom stereocenters. The Morgan fingerprint density at radius 2 is 1.91 bits per heavy atom. The van der Waals surface area contributed by atoms with Crippen molar-refractivity contribution in [1.82, 2.24) is 4.90 Å². The van der Waals surface area contributed by atoms with Gasteiger partial charge in [0.2, 0.25) is 11.8 Å². The first-order valence-corrected chi connectivity index (χ1v) is 8.30. The Morgan fingerprint density at radius 3 is 2.52 bits per heavy atom. The number of rotatable bonds is 5. The van der Waals surface area contributed by atoms with Crippen LogP contribution in [0.25, 0.3) is 0 Å². The van der Waals surface area contributed by atoms with E-state index in [1.165, 1.54) is 11.8 Å². The van der Waals surface area contributed by atoms with Crippen LogP contribution in [0.3, 0.4) is 0 Å². The Balaban J connectivity index is 2.13. The molecule has 0 radical (unpaired) electrons. The van der Waals surface area contributed by atoms with E-state index in [2.05, 4.69) is 6.92 Å². The van der Waals surface area contributed by atoms with Gasteiger partial charge >= 0.3 is 0 Å². The van der Waals surface area contributed by atoms with Gasteiger partial charge in [0.25, 0.3) is 0 Å². The first-order chi connectivity index (χ1) is 11.0. The van der Waals surface area contributed by atoms with Crippen LogP contribution in [0.2, 0.25) is 0 Å². The zero-order chi connectivity index (χ0) is 16.8. The van der Waals surface area contributed by atoms with Crippen molar-refractivity contribution in [1.29, 1.82) is 0 Å². The number of anilines is 1. The van der Waals surface area contributed by atoms with Crippen LogP contribution >= 0.6 is 0 Å². The lowest BCUT2D eigenvalue weighted by atomic mass is 9.99. The molecule has 5 heteroatoms. The molecule has 0 N–H and O–H groups in total. The van der Waals surface area contributed by atoms with Gasteiger partial charge in [0.05, 0.1) is 12.3 Å². The summed E-state index contributed by atoms with van der Waals surface area (Å²) in [5, 5.41) is 0. The predicted molar refractivity (Wildman–Crippen MR) is 90.6 cm³/mol. The maximum absolute atomic E-state index is 12.6. The number of piperidine rings is 1. The minimum Gasteiger partial charge on any atom is -0.492 e. The van der Waals surface area contributed by atoms with E-state index in [1.807, 2.05) is 36.1 Å². The number of benzene rings is 1. The number of carbonyl (C=O) groups excluding carboxylic acids is 2. The molecule has 1 saturated heterocycles. The third-order valence-corrected chi connectivity index (χ3v) is 4.27. The summed E-state index contributed by atoms with van der Waals surface area (Å²) in [6.45, 7) is 7.72. The fourth-order valence-corrected chi connectivity index (χ4v) is 2.82. The Kier molecular flexibility index (Phi) is 6.02. The Bertz CT molecular complexity index is 551. The molecule has 1 aliphatic rings. The molecule has 1 aliphatic heterocycles. The minimum atomic E-state index is -0.157. The highest BCUT2D eigenvalue weighted by molar-refractivity contribution is 5.98.